The van der Waals surface area contributed by atoms with E-state index in [2.05, 4.69) is 21.7 Å². The summed E-state index contributed by atoms with van der Waals surface area (Å²) in [5.41, 5.74) is 4.46. The maximum Gasteiger partial charge on any atom is 0.375 e. The van der Waals surface area contributed by atoms with E-state index in [4.69, 9.17) is 14.2 Å². The van der Waals surface area contributed by atoms with Gasteiger partial charge in [0.1, 0.15) is 12.2 Å². The number of rotatable bonds is 9. The highest BCUT2D eigenvalue weighted by atomic mass is 16.6. The van der Waals surface area contributed by atoms with Gasteiger partial charge in [0, 0.05) is 29.7 Å². The second-order valence-corrected chi connectivity index (χ2v) is 9.17. The number of carbonyl (C=O) groups excluding carboxylic acids is 3. The van der Waals surface area contributed by atoms with E-state index >= 15 is 0 Å². The second kappa shape index (κ2) is 11.1. The summed E-state index contributed by atoms with van der Waals surface area (Å²) in [5, 5.41) is 1.14. The van der Waals surface area contributed by atoms with Crippen LogP contribution in [0.4, 0.5) is 0 Å². The minimum Gasteiger partial charge on any atom is -0.465 e. The number of aromatic amines is 1. The lowest BCUT2D eigenvalue weighted by Gasteiger charge is -2.30. The first-order chi connectivity index (χ1) is 17.0. The molecule has 2 atom stereocenters. The zero-order valence-corrected chi connectivity index (χ0v) is 20.8. The predicted octanol–water partition coefficient (Wildman–Crippen LogP) is 3.39. The number of aromatic nitrogens is 1. The van der Waals surface area contributed by atoms with Crippen LogP contribution < -0.4 is 0 Å². The van der Waals surface area contributed by atoms with Crippen LogP contribution in [0.1, 0.15) is 57.2 Å². The van der Waals surface area contributed by atoms with E-state index in [1.807, 2.05) is 12.1 Å². The summed E-state index contributed by atoms with van der Waals surface area (Å²) in [6, 6.07) is 7.83. The average molecular weight is 484 g/mol. The zero-order valence-electron chi connectivity index (χ0n) is 20.8. The van der Waals surface area contributed by atoms with Crippen LogP contribution >= 0.6 is 0 Å². The molecule has 8 heteroatoms. The van der Waals surface area contributed by atoms with Gasteiger partial charge >= 0.3 is 17.9 Å². The standard InChI is InChI=1S/C27H34N2O6/c1-4-34-25(30)19(26(31)35-5-2)13-8-10-17-11-9-15-29-22(27(32)33-3)16-20-18-12-6-7-14-21(18)28-23(20)24(17)29/h6-7,12,14,17,19,22H,4-5,8-11,13,15-16H2,1-3H3/p+1/t17-,22-/m0/s1. The van der Waals surface area contributed by atoms with Crippen molar-refractivity contribution in [2.75, 3.05) is 26.9 Å². The molecule has 3 heterocycles. The maximum atomic E-state index is 12.8. The third-order valence-corrected chi connectivity index (χ3v) is 7.15. The molecule has 1 aromatic carbocycles. The molecule has 188 valence electrons. The molecule has 4 rings (SSSR count). The number of para-hydroxylation sites is 1. The van der Waals surface area contributed by atoms with E-state index in [1.54, 1.807) is 13.8 Å². The van der Waals surface area contributed by atoms with Gasteiger partial charge in [0.25, 0.3) is 6.04 Å². The summed E-state index contributed by atoms with van der Waals surface area (Å²) in [6.45, 7) is 4.71. The summed E-state index contributed by atoms with van der Waals surface area (Å²) in [6.07, 6.45) is 4.40. The van der Waals surface area contributed by atoms with E-state index < -0.39 is 17.9 Å². The van der Waals surface area contributed by atoms with Gasteiger partial charge in [0.15, 0.2) is 5.92 Å². The van der Waals surface area contributed by atoms with Crippen LogP contribution in [-0.2, 0) is 35.0 Å². The number of carbonyl (C=O) groups is 3. The molecule has 0 amide bonds. The molecule has 0 fully saturated rings. The first-order valence-electron chi connectivity index (χ1n) is 12.6. The third-order valence-electron chi connectivity index (χ3n) is 7.15. The molecule has 2 aromatic rings. The fourth-order valence-electron chi connectivity index (χ4n) is 5.62. The largest absolute Gasteiger partial charge is 0.465 e. The maximum absolute atomic E-state index is 12.8. The number of benzene rings is 1. The molecule has 2 aliphatic rings. The third kappa shape index (κ3) is 4.97. The molecule has 0 saturated carbocycles. The number of nitrogens with zero attached hydrogens (tertiary/aromatic N) is 1. The van der Waals surface area contributed by atoms with Gasteiger partial charge in [-0.2, -0.15) is 0 Å². The van der Waals surface area contributed by atoms with E-state index in [0.717, 1.165) is 53.7 Å². The quantitative estimate of drug-likeness (QED) is 0.254. The Balaban J connectivity index is 1.61. The van der Waals surface area contributed by atoms with E-state index in [1.165, 1.54) is 7.11 Å². The number of hydrogen-bond donors (Lipinski definition) is 1. The van der Waals surface area contributed by atoms with Crippen molar-refractivity contribution in [3.63, 3.8) is 0 Å². The summed E-state index contributed by atoms with van der Waals surface area (Å²) >= 11 is 0. The Kier molecular flexibility index (Phi) is 7.88. The van der Waals surface area contributed by atoms with E-state index in [9.17, 15) is 14.4 Å². The summed E-state index contributed by atoms with van der Waals surface area (Å²) in [7, 11) is 1.44. The highest BCUT2D eigenvalue weighted by Crippen LogP contribution is 2.35. The number of methoxy groups -OCH3 is 1. The monoisotopic (exact) mass is 483 g/mol. The molecule has 1 N–H and O–H groups in total. The highest BCUT2D eigenvalue weighted by molar-refractivity contribution is 6.05. The molecule has 0 radical (unpaired) electrons. The van der Waals surface area contributed by atoms with Crippen molar-refractivity contribution < 1.29 is 33.2 Å². The Morgan fingerprint density at radius 3 is 2.51 bits per heavy atom. The van der Waals surface area contributed by atoms with Crippen molar-refractivity contribution in [2.24, 2.45) is 11.8 Å². The van der Waals surface area contributed by atoms with Crippen molar-refractivity contribution in [3.8, 4) is 0 Å². The van der Waals surface area contributed by atoms with Gasteiger partial charge in [-0.3, -0.25) is 9.59 Å². The average Bonchev–Trinajstić information content (AvgIpc) is 3.24. The molecule has 2 aliphatic heterocycles. The summed E-state index contributed by atoms with van der Waals surface area (Å²) in [4.78, 5) is 41.2. The number of fused-ring (bicyclic) bond motifs is 4. The predicted molar refractivity (Wildman–Crippen MR) is 130 cm³/mol. The van der Waals surface area contributed by atoms with Gasteiger partial charge in [0.05, 0.1) is 20.3 Å². The van der Waals surface area contributed by atoms with Crippen molar-refractivity contribution in [1.82, 2.24) is 4.98 Å². The molecule has 8 nitrogen and oxygen atoms in total. The fourth-order valence-corrected chi connectivity index (χ4v) is 5.62. The van der Waals surface area contributed by atoms with Crippen molar-refractivity contribution in [1.29, 1.82) is 0 Å². The van der Waals surface area contributed by atoms with Gasteiger partial charge in [0.2, 0.25) is 5.71 Å². The Bertz CT molecular complexity index is 1120. The molecule has 1 aromatic heterocycles. The molecular weight excluding hydrogens is 448 g/mol. The van der Waals surface area contributed by atoms with Crippen LogP contribution in [0.2, 0.25) is 0 Å². The van der Waals surface area contributed by atoms with Crippen LogP contribution in [0.5, 0.6) is 0 Å². The lowest BCUT2D eigenvalue weighted by Crippen LogP contribution is -2.48. The fraction of sp³-hybridized carbons (Fsp3) is 0.556. The number of hydrogen-bond acceptors (Lipinski definition) is 6. The summed E-state index contributed by atoms with van der Waals surface area (Å²) in [5.74, 6) is -1.97. The number of H-pyrrole nitrogens is 1. The minimum atomic E-state index is -0.905. The van der Waals surface area contributed by atoms with E-state index in [-0.39, 0.29) is 31.1 Å². The normalized spacial score (nSPS) is 19.3. The molecule has 35 heavy (non-hydrogen) atoms. The molecule has 0 aliphatic carbocycles. The number of esters is 3. The van der Waals surface area contributed by atoms with E-state index in [0.29, 0.717) is 19.3 Å². The molecule has 0 unspecified atom stereocenters. The Morgan fingerprint density at radius 1 is 1.11 bits per heavy atom. The van der Waals surface area contributed by atoms with Crippen LogP contribution in [-0.4, -0.2) is 66.1 Å². The second-order valence-electron chi connectivity index (χ2n) is 9.17. The Hall–Kier alpha value is -3.16. The Labute approximate surface area is 205 Å². The van der Waals surface area contributed by atoms with Crippen LogP contribution in [0, 0.1) is 11.8 Å². The Morgan fingerprint density at radius 2 is 1.83 bits per heavy atom. The SMILES string of the molecule is CCOC(=O)C(CCC[C@H]1CCC[N+]2=C1c1[nH]c3ccccc3c1C[C@H]2C(=O)OC)C(=O)OCC. The van der Waals surface area contributed by atoms with Gasteiger partial charge in [-0.25, -0.2) is 9.37 Å². The van der Waals surface area contributed by atoms with Crippen LogP contribution in [0.25, 0.3) is 10.9 Å². The van der Waals surface area contributed by atoms with Crippen molar-refractivity contribution >= 4 is 34.5 Å². The molecule has 0 spiro atoms. The topological polar surface area (TPSA) is 97.7 Å². The smallest absolute Gasteiger partial charge is 0.375 e. The van der Waals surface area contributed by atoms with Gasteiger partial charge in [-0.15, -0.1) is 0 Å². The zero-order chi connectivity index (χ0) is 24.9. The van der Waals surface area contributed by atoms with Gasteiger partial charge < -0.3 is 19.2 Å². The van der Waals surface area contributed by atoms with Crippen LogP contribution in [0.3, 0.4) is 0 Å². The first-order valence-corrected chi connectivity index (χ1v) is 12.6. The molecule has 0 bridgehead atoms. The minimum absolute atomic E-state index is 0.202. The lowest BCUT2D eigenvalue weighted by atomic mass is 9.81. The van der Waals surface area contributed by atoms with Crippen LogP contribution in [0.15, 0.2) is 24.3 Å². The van der Waals surface area contributed by atoms with Crippen molar-refractivity contribution in [3.05, 3.63) is 35.5 Å². The molecular formula is C27H35N2O6+. The van der Waals surface area contributed by atoms with Gasteiger partial charge in [-0.1, -0.05) is 24.6 Å². The molecule has 0 saturated heterocycles. The number of nitrogens with one attached hydrogen (secondary N) is 1. The summed E-state index contributed by atoms with van der Waals surface area (Å²) < 4.78 is 17.6. The van der Waals surface area contributed by atoms with Crippen molar-refractivity contribution in [2.45, 2.75) is 58.4 Å². The highest BCUT2D eigenvalue weighted by Gasteiger charge is 2.45. The van der Waals surface area contributed by atoms with Gasteiger partial charge in [-0.05, 0) is 44.7 Å². The lowest BCUT2D eigenvalue weighted by molar-refractivity contribution is -0.562. The first kappa shape index (κ1) is 24.9. The number of ether oxygens (including phenoxy) is 3.